The highest BCUT2D eigenvalue weighted by atomic mass is 16.5. The van der Waals surface area contributed by atoms with Gasteiger partial charge in [-0.2, -0.15) is 0 Å². The fourth-order valence-corrected chi connectivity index (χ4v) is 4.80. The molecule has 2 aromatic carbocycles. The number of aryl methyl sites for hydroxylation is 1. The molecule has 1 atom stereocenters. The Bertz CT molecular complexity index is 1040. The third-order valence-corrected chi connectivity index (χ3v) is 6.33. The van der Waals surface area contributed by atoms with Gasteiger partial charge in [0.2, 0.25) is 0 Å². The molecule has 0 bridgehead atoms. The summed E-state index contributed by atoms with van der Waals surface area (Å²) in [6.07, 6.45) is 2.21. The lowest BCUT2D eigenvalue weighted by Crippen LogP contribution is -2.52. The van der Waals surface area contributed by atoms with Gasteiger partial charge in [0.25, 0.3) is 5.91 Å². The highest BCUT2D eigenvalue weighted by Crippen LogP contribution is 2.24. The number of piperidine rings is 1. The lowest BCUT2D eigenvalue weighted by atomic mass is 10.0. The Labute approximate surface area is 177 Å². The van der Waals surface area contributed by atoms with Crippen molar-refractivity contribution in [3.8, 4) is 5.69 Å². The van der Waals surface area contributed by atoms with E-state index in [0.717, 1.165) is 80.3 Å². The normalized spacial score (nSPS) is 20.6. The summed E-state index contributed by atoms with van der Waals surface area (Å²) in [5, 5.41) is 0. The van der Waals surface area contributed by atoms with Gasteiger partial charge in [0.1, 0.15) is 5.82 Å². The molecule has 2 saturated heterocycles. The van der Waals surface area contributed by atoms with Crippen LogP contribution < -0.4 is 0 Å². The maximum absolute atomic E-state index is 13.3. The zero-order chi connectivity index (χ0) is 20.5. The fourth-order valence-electron chi connectivity index (χ4n) is 4.80. The summed E-state index contributed by atoms with van der Waals surface area (Å²) in [5.74, 6) is 1.04. The molecule has 2 aliphatic rings. The van der Waals surface area contributed by atoms with Gasteiger partial charge in [-0.05, 0) is 50.1 Å². The first-order valence-corrected chi connectivity index (χ1v) is 10.9. The molecule has 2 aliphatic heterocycles. The zero-order valence-electron chi connectivity index (χ0n) is 17.5. The summed E-state index contributed by atoms with van der Waals surface area (Å²) in [4.78, 5) is 22.5. The van der Waals surface area contributed by atoms with Gasteiger partial charge in [-0.15, -0.1) is 0 Å². The molecule has 156 valence electrons. The first-order valence-electron chi connectivity index (χ1n) is 10.9. The summed E-state index contributed by atoms with van der Waals surface area (Å²) >= 11 is 0. The van der Waals surface area contributed by atoms with Crippen molar-refractivity contribution >= 4 is 16.9 Å². The van der Waals surface area contributed by atoms with Crippen LogP contribution in [-0.4, -0.2) is 70.7 Å². The molecule has 0 saturated carbocycles. The summed E-state index contributed by atoms with van der Waals surface area (Å²) in [7, 11) is 0. The number of rotatable bonds is 3. The number of aromatic nitrogens is 2. The van der Waals surface area contributed by atoms with Gasteiger partial charge in [-0.25, -0.2) is 4.98 Å². The SMILES string of the molecule is Cc1nc2cc(C(=O)N3CCCC(N4CCOCC4)C3)ccc2n1-c1ccccc1. The third kappa shape index (κ3) is 3.61. The molecule has 0 spiro atoms. The van der Waals surface area contributed by atoms with Gasteiger partial charge in [0.15, 0.2) is 0 Å². The minimum atomic E-state index is 0.113. The Hall–Kier alpha value is -2.70. The third-order valence-electron chi connectivity index (χ3n) is 6.33. The largest absolute Gasteiger partial charge is 0.379 e. The Morgan fingerprint density at radius 1 is 1.07 bits per heavy atom. The molecule has 6 nitrogen and oxygen atoms in total. The number of carbonyl (C=O) groups is 1. The predicted octanol–water partition coefficient (Wildman–Crippen LogP) is 3.27. The molecule has 1 unspecified atom stereocenters. The van der Waals surface area contributed by atoms with Gasteiger partial charge in [-0.1, -0.05) is 18.2 Å². The van der Waals surface area contributed by atoms with E-state index in [1.165, 1.54) is 0 Å². The number of para-hydroxylation sites is 1. The Kier molecular flexibility index (Phi) is 5.27. The maximum atomic E-state index is 13.3. The first kappa shape index (κ1) is 19.3. The van der Waals surface area contributed by atoms with Crippen molar-refractivity contribution in [2.75, 3.05) is 39.4 Å². The maximum Gasteiger partial charge on any atom is 0.253 e. The summed E-state index contributed by atoms with van der Waals surface area (Å²) in [6.45, 7) is 7.16. The number of imidazole rings is 1. The van der Waals surface area contributed by atoms with E-state index < -0.39 is 0 Å². The molecule has 0 aliphatic carbocycles. The zero-order valence-corrected chi connectivity index (χ0v) is 17.5. The molecule has 5 rings (SSSR count). The van der Waals surface area contributed by atoms with Crippen molar-refractivity contribution in [3.63, 3.8) is 0 Å². The van der Waals surface area contributed by atoms with Gasteiger partial charge >= 0.3 is 0 Å². The molecule has 3 heterocycles. The molecule has 3 aromatic rings. The number of ether oxygens (including phenoxy) is 1. The minimum Gasteiger partial charge on any atom is -0.379 e. The van der Waals surface area contributed by atoms with E-state index in [-0.39, 0.29) is 5.91 Å². The number of benzene rings is 2. The van der Waals surface area contributed by atoms with Crippen LogP contribution in [0.5, 0.6) is 0 Å². The number of likely N-dealkylation sites (tertiary alicyclic amines) is 1. The Balaban J connectivity index is 1.38. The van der Waals surface area contributed by atoms with Crippen molar-refractivity contribution < 1.29 is 9.53 Å². The summed E-state index contributed by atoms with van der Waals surface area (Å²) in [6, 6.07) is 16.6. The van der Waals surface area contributed by atoms with Crippen LogP contribution in [0.1, 0.15) is 29.0 Å². The topological polar surface area (TPSA) is 50.6 Å². The van der Waals surface area contributed by atoms with Crippen molar-refractivity contribution in [1.82, 2.24) is 19.4 Å². The van der Waals surface area contributed by atoms with E-state index in [2.05, 4.69) is 21.6 Å². The number of fused-ring (bicyclic) bond motifs is 1. The van der Waals surface area contributed by atoms with E-state index in [0.29, 0.717) is 6.04 Å². The number of amides is 1. The molecule has 2 fully saturated rings. The fraction of sp³-hybridized carbons (Fsp3) is 0.417. The first-order chi connectivity index (χ1) is 14.7. The second-order valence-corrected chi connectivity index (χ2v) is 8.23. The van der Waals surface area contributed by atoms with Crippen LogP contribution in [0.4, 0.5) is 0 Å². The highest BCUT2D eigenvalue weighted by Gasteiger charge is 2.29. The second-order valence-electron chi connectivity index (χ2n) is 8.23. The lowest BCUT2D eigenvalue weighted by Gasteiger charge is -2.40. The molecule has 6 heteroatoms. The van der Waals surface area contributed by atoms with E-state index in [4.69, 9.17) is 9.72 Å². The number of hydrogen-bond donors (Lipinski definition) is 0. The molecule has 0 radical (unpaired) electrons. The quantitative estimate of drug-likeness (QED) is 0.672. The Morgan fingerprint density at radius 3 is 2.67 bits per heavy atom. The standard InChI is InChI=1S/C24H28N4O2/c1-18-25-22-16-19(9-10-23(22)28(18)20-6-3-2-4-7-20)24(29)27-11-5-8-21(17-27)26-12-14-30-15-13-26/h2-4,6-7,9-10,16,21H,5,8,11-15,17H2,1H3. The van der Waals surface area contributed by atoms with E-state index in [1.807, 2.05) is 48.2 Å². The van der Waals surface area contributed by atoms with Crippen LogP contribution in [0.25, 0.3) is 16.7 Å². The monoisotopic (exact) mass is 404 g/mol. The minimum absolute atomic E-state index is 0.113. The average molecular weight is 405 g/mol. The van der Waals surface area contributed by atoms with Gasteiger partial charge in [0.05, 0.1) is 24.2 Å². The second kappa shape index (κ2) is 8.20. The van der Waals surface area contributed by atoms with Gasteiger partial charge < -0.3 is 9.64 Å². The van der Waals surface area contributed by atoms with E-state index in [9.17, 15) is 4.79 Å². The highest BCUT2D eigenvalue weighted by molar-refractivity contribution is 5.97. The van der Waals surface area contributed by atoms with Crippen LogP contribution in [0.3, 0.4) is 0 Å². The predicted molar refractivity (Wildman–Crippen MR) is 117 cm³/mol. The molecular weight excluding hydrogens is 376 g/mol. The number of morpholine rings is 1. The van der Waals surface area contributed by atoms with Crippen LogP contribution >= 0.6 is 0 Å². The number of carbonyl (C=O) groups excluding carboxylic acids is 1. The average Bonchev–Trinajstić information content (AvgIpc) is 3.14. The smallest absolute Gasteiger partial charge is 0.253 e. The molecular formula is C24H28N4O2. The van der Waals surface area contributed by atoms with Crippen LogP contribution in [0.2, 0.25) is 0 Å². The van der Waals surface area contributed by atoms with Crippen LogP contribution in [0.15, 0.2) is 48.5 Å². The number of hydrogen-bond acceptors (Lipinski definition) is 4. The van der Waals surface area contributed by atoms with Crippen molar-refractivity contribution in [3.05, 3.63) is 59.9 Å². The van der Waals surface area contributed by atoms with E-state index >= 15 is 0 Å². The number of nitrogens with zero attached hydrogens (tertiary/aromatic N) is 4. The summed E-state index contributed by atoms with van der Waals surface area (Å²) < 4.78 is 7.63. The van der Waals surface area contributed by atoms with Crippen LogP contribution in [0, 0.1) is 6.92 Å². The van der Waals surface area contributed by atoms with Crippen molar-refractivity contribution in [2.24, 2.45) is 0 Å². The Morgan fingerprint density at radius 2 is 1.87 bits per heavy atom. The molecule has 0 N–H and O–H groups in total. The lowest BCUT2D eigenvalue weighted by molar-refractivity contribution is -0.00120. The van der Waals surface area contributed by atoms with E-state index in [1.54, 1.807) is 0 Å². The van der Waals surface area contributed by atoms with Crippen molar-refractivity contribution in [2.45, 2.75) is 25.8 Å². The van der Waals surface area contributed by atoms with Crippen LogP contribution in [-0.2, 0) is 4.74 Å². The molecule has 1 amide bonds. The van der Waals surface area contributed by atoms with Gasteiger partial charge in [-0.3, -0.25) is 14.3 Å². The van der Waals surface area contributed by atoms with Gasteiger partial charge in [0, 0.05) is 43.5 Å². The van der Waals surface area contributed by atoms with Crippen molar-refractivity contribution in [1.29, 1.82) is 0 Å². The molecule has 1 aromatic heterocycles. The summed E-state index contributed by atoms with van der Waals surface area (Å²) in [5.41, 5.74) is 3.70. The molecule has 30 heavy (non-hydrogen) atoms.